The molecule has 27 heavy (non-hydrogen) atoms. The third kappa shape index (κ3) is 5.57. The minimum absolute atomic E-state index is 0.607. The lowest BCUT2D eigenvalue weighted by Gasteiger charge is -2.48. The molecule has 0 aromatic carbocycles. The minimum Gasteiger partial charge on any atom is -0.414 e. The summed E-state index contributed by atoms with van der Waals surface area (Å²) >= 11 is 0. The highest BCUT2D eigenvalue weighted by molar-refractivity contribution is 6.90. The van der Waals surface area contributed by atoms with Gasteiger partial charge in [0.15, 0.2) is 0 Å². The molecule has 2 rings (SSSR count). The first-order chi connectivity index (χ1) is 12.9. The van der Waals surface area contributed by atoms with Crippen LogP contribution in [0.2, 0.25) is 36.3 Å². The van der Waals surface area contributed by atoms with Gasteiger partial charge >= 0.3 is 54.3 Å². The largest absolute Gasteiger partial charge is 0.484 e. The Morgan fingerprint density at radius 1 is 0.630 bits per heavy atom. The molecule has 0 aromatic heterocycles. The molecule has 3 radical (unpaired) electrons. The molecule has 14 heteroatoms. The van der Waals surface area contributed by atoms with E-state index < -0.39 is 54.3 Å². The van der Waals surface area contributed by atoms with E-state index in [2.05, 4.69) is 20.8 Å². The summed E-state index contributed by atoms with van der Waals surface area (Å²) in [7, 11) is -12.2. The SMILES string of the molecule is CC[Si]1O[Si](CC)O[Si]2(CC)O[Si](CC)(OC)O[Si](CC)O[Si](CC)(O1)O2. The lowest BCUT2D eigenvalue weighted by Crippen LogP contribution is -2.71. The fourth-order valence-electron chi connectivity index (χ4n) is 2.74. The normalized spacial score (nSPS) is 37.4. The van der Waals surface area contributed by atoms with Crippen LogP contribution in [0.5, 0.6) is 0 Å². The molecule has 3 unspecified atom stereocenters. The molecule has 2 bridgehead atoms. The predicted octanol–water partition coefficient (Wildman–Crippen LogP) is 3.18. The predicted molar refractivity (Wildman–Crippen MR) is 112 cm³/mol. The van der Waals surface area contributed by atoms with Gasteiger partial charge in [-0.05, 0) is 18.1 Å². The Hall–Kier alpha value is 0.981. The third-order valence-corrected chi connectivity index (χ3v) is 24.8. The molecular formula is C13H33O8Si6. The van der Waals surface area contributed by atoms with Crippen LogP contribution in [0.3, 0.4) is 0 Å². The van der Waals surface area contributed by atoms with Crippen molar-refractivity contribution in [3.63, 3.8) is 0 Å². The van der Waals surface area contributed by atoms with Gasteiger partial charge in [-0.25, -0.2) is 0 Å². The van der Waals surface area contributed by atoms with Gasteiger partial charge in [-0.2, -0.15) is 0 Å². The minimum atomic E-state index is -3.14. The molecule has 2 heterocycles. The molecule has 0 aliphatic carbocycles. The van der Waals surface area contributed by atoms with Crippen LogP contribution in [0, 0.1) is 0 Å². The topological polar surface area (TPSA) is 73.8 Å². The molecule has 8 nitrogen and oxygen atoms in total. The van der Waals surface area contributed by atoms with Crippen molar-refractivity contribution < 1.29 is 33.2 Å². The highest BCUT2D eigenvalue weighted by Gasteiger charge is 2.63. The average Bonchev–Trinajstić information content (AvgIpc) is 2.68. The van der Waals surface area contributed by atoms with Crippen molar-refractivity contribution in [3.05, 3.63) is 0 Å². The maximum absolute atomic E-state index is 6.72. The summed E-state index contributed by atoms with van der Waals surface area (Å²) in [4.78, 5) is 0. The van der Waals surface area contributed by atoms with Crippen LogP contribution in [0.15, 0.2) is 0 Å². The standard InChI is InChI=1S/C13H33O8Si6/c1-8-22-15-23(9-2)17-27(13-6)20-25(11-4,14-7)18-24(10-3)19-26(12-5,16-22)21-27/h8-13H2,1-7H3. The van der Waals surface area contributed by atoms with Crippen LogP contribution in [0.4, 0.5) is 0 Å². The smallest absolute Gasteiger partial charge is 0.414 e. The van der Waals surface area contributed by atoms with E-state index >= 15 is 0 Å². The molecule has 0 saturated carbocycles. The zero-order valence-electron chi connectivity index (χ0n) is 17.5. The van der Waals surface area contributed by atoms with E-state index in [1.54, 1.807) is 7.11 Å². The maximum atomic E-state index is 6.72. The molecule has 2 fully saturated rings. The Labute approximate surface area is 172 Å². The summed E-state index contributed by atoms with van der Waals surface area (Å²) in [5, 5.41) is 0. The van der Waals surface area contributed by atoms with Gasteiger partial charge in [-0.3, -0.25) is 0 Å². The molecular weight excluding hydrogens is 453 g/mol. The summed E-state index contributed by atoms with van der Waals surface area (Å²) in [6, 6.07) is 4.26. The van der Waals surface area contributed by atoms with Crippen molar-refractivity contribution in [3.8, 4) is 0 Å². The molecule has 157 valence electrons. The van der Waals surface area contributed by atoms with Crippen LogP contribution >= 0.6 is 0 Å². The number of rotatable bonds is 7. The van der Waals surface area contributed by atoms with Gasteiger partial charge in [-0.15, -0.1) is 0 Å². The first kappa shape index (κ1) is 24.3. The Morgan fingerprint density at radius 3 is 1.59 bits per heavy atom. The van der Waals surface area contributed by atoms with Gasteiger partial charge in [0.05, 0.1) is 0 Å². The molecule has 0 amide bonds. The summed E-state index contributed by atoms with van der Waals surface area (Å²) in [5.41, 5.74) is 0. The van der Waals surface area contributed by atoms with Crippen LogP contribution in [-0.2, 0) is 33.2 Å². The van der Waals surface area contributed by atoms with Crippen molar-refractivity contribution in [1.29, 1.82) is 0 Å². The average molecular weight is 486 g/mol. The molecule has 0 spiro atoms. The van der Waals surface area contributed by atoms with Crippen LogP contribution in [0.25, 0.3) is 0 Å². The molecule has 2 saturated heterocycles. The summed E-state index contributed by atoms with van der Waals surface area (Å²) in [6.07, 6.45) is 0. The first-order valence-corrected chi connectivity index (χ1v) is 20.2. The van der Waals surface area contributed by atoms with E-state index in [1.807, 2.05) is 20.8 Å². The van der Waals surface area contributed by atoms with Crippen molar-refractivity contribution in [2.45, 2.75) is 77.8 Å². The van der Waals surface area contributed by atoms with Crippen LogP contribution in [0.1, 0.15) is 41.5 Å². The molecule has 0 aromatic rings. The maximum Gasteiger partial charge on any atom is 0.484 e. The van der Waals surface area contributed by atoms with Gasteiger partial charge < -0.3 is 33.2 Å². The second-order valence-corrected chi connectivity index (χ2v) is 22.9. The van der Waals surface area contributed by atoms with Crippen molar-refractivity contribution in [1.82, 2.24) is 0 Å². The summed E-state index contributed by atoms with van der Waals surface area (Å²) < 4.78 is 51.5. The second-order valence-electron chi connectivity index (χ2n) is 6.20. The monoisotopic (exact) mass is 485 g/mol. The van der Waals surface area contributed by atoms with Gasteiger partial charge in [0.1, 0.15) is 0 Å². The van der Waals surface area contributed by atoms with Crippen molar-refractivity contribution in [2.24, 2.45) is 0 Å². The highest BCUT2D eigenvalue weighted by atomic mass is 28.6. The zero-order chi connectivity index (χ0) is 20.1. The highest BCUT2D eigenvalue weighted by Crippen LogP contribution is 2.37. The first-order valence-electron chi connectivity index (χ1n) is 9.83. The Bertz CT molecular complexity index is 474. The fraction of sp³-hybridized carbons (Fsp3) is 1.00. The van der Waals surface area contributed by atoms with E-state index in [4.69, 9.17) is 33.2 Å². The van der Waals surface area contributed by atoms with Crippen LogP contribution in [-0.4, -0.2) is 61.4 Å². The zero-order valence-corrected chi connectivity index (χ0v) is 23.5. The number of hydrogen-bond donors (Lipinski definition) is 0. The Morgan fingerprint density at radius 2 is 1.15 bits per heavy atom. The van der Waals surface area contributed by atoms with Crippen LogP contribution < -0.4 is 0 Å². The number of fused-ring (bicyclic) bond motifs is 2. The van der Waals surface area contributed by atoms with Gasteiger partial charge in [0.25, 0.3) is 0 Å². The van der Waals surface area contributed by atoms with E-state index in [-0.39, 0.29) is 0 Å². The summed E-state index contributed by atoms with van der Waals surface area (Å²) in [5.74, 6) is 0. The van der Waals surface area contributed by atoms with Crippen molar-refractivity contribution >= 4 is 54.3 Å². The third-order valence-electron chi connectivity index (χ3n) is 4.40. The van der Waals surface area contributed by atoms with E-state index in [0.717, 1.165) is 18.1 Å². The molecule has 2 aliphatic heterocycles. The fourth-order valence-corrected chi connectivity index (χ4v) is 27.6. The number of hydrogen-bond acceptors (Lipinski definition) is 8. The van der Waals surface area contributed by atoms with E-state index in [1.165, 1.54) is 0 Å². The van der Waals surface area contributed by atoms with Crippen molar-refractivity contribution in [2.75, 3.05) is 7.11 Å². The second kappa shape index (κ2) is 10.3. The Balaban J connectivity index is 2.51. The molecule has 2 aliphatic rings. The molecule has 3 atom stereocenters. The Kier molecular flexibility index (Phi) is 9.28. The lowest BCUT2D eigenvalue weighted by molar-refractivity contribution is 0.0835. The van der Waals surface area contributed by atoms with E-state index in [9.17, 15) is 0 Å². The van der Waals surface area contributed by atoms with Gasteiger partial charge in [0, 0.05) is 25.2 Å². The molecule has 0 N–H and O–H groups in total. The van der Waals surface area contributed by atoms with Gasteiger partial charge in [0.2, 0.25) is 0 Å². The van der Waals surface area contributed by atoms with Gasteiger partial charge in [-0.1, -0.05) is 41.5 Å². The lowest BCUT2D eigenvalue weighted by atomic mass is 11.0. The summed E-state index contributed by atoms with van der Waals surface area (Å²) in [6.45, 7) is 12.3. The quantitative estimate of drug-likeness (QED) is 0.509. The van der Waals surface area contributed by atoms with E-state index in [0.29, 0.717) is 18.1 Å².